The predicted octanol–water partition coefficient (Wildman–Crippen LogP) is 4.62. The van der Waals surface area contributed by atoms with Crippen molar-refractivity contribution in [3.63, 3.8) is 0 Å². The summed E-state index contributed by atoms with van der Waals surface area (Å²) in [5.74, 6) is -0.314. The standard InChI is InChI=1S/C20H26FN3O2/c1-20(2,3)26-19(25)24-15-9-7-14(8-10-15)23-17-6-4-5-13-11-22-12-16(21)18(13)17/h4-6,11-12,14-15,23H,7-10H2,1-3H3,(H,24,25). The number of nitrogens with zero attached hydrogens (tertiary/aromatic N) is 1. The van der Waals surface area contributed by atoms with Gasteiger partial charge in [-0.1, -0.05) is 12.1 Å². The van der Waals surface area contributed by atoms with Crippen LogP contribution in [0.15, 0.2) is 30.6 Å². The number of alkyl carbamates (subject to hydrolysis) is 1. The Morgan fingerprint density at radius 1 is 1.15 bits per heavy atom. The lowest BCUT2D eigenvalue weighted by Gasteiger charge is -2.31. The zero-order chi connectivity index (χ0) is 18.7. The third kappa shape index (κ3) is 4.62. The van der Waals surface area contributed by atoms with Crippen molar-refractivity contribution in [2.75, 3.05) is 5.32 Å². The molecule has 6 heteroatoms. The van der Waals surface area contributed by atoms with E-state index in [2.05, 4.69) is 15.6 Å². The number of carbonyl (C=O) groups is 1. The Labute approximate surface area is 153 Å². The van der Waals surface area contributed by atoms with Gasteiger partial charge in [0, 0.05) is 34.7 Å². The molecule has 0 bridgehead atoms. The summed E-state index contributed by atoms with van der Waals surface area (Å²) in [6.45, 7) is 5.56. The lowest BCUT2D eigenvalue weighted by atomic mass is 9.91. The third-order valence-electron chi connectivity index (χ3n) is 4.54. The first kappa shape index (κ1) is 18.4. The molecule has 1 fully saturated rings. The van der Waals surface area contributed by atoms with E-state index in [1.54, 1.807) is 6.20 Å². The second-order valence-electron chi connectivity index (χ2n) is 7.86. The zero-order valence-electron chi connectivity index (χ0n) is 15.5. The number of rotatable bonds is 3. The smallest absolute Gasteiger partial charge is 0.407 e. The van der Waals surface area contributed by atoms with Crippen LogP contribution in [0.5, 0.6) is 0 Å². The number of benzene rings is 1. The van der Waals surface area contributed by atoms with Gasteiger partial charge in [-0.25, -0.2) is 9.18 Å². The Morgan fingerprint density at radius 3 is 2.54 bits per heavy atom. The van der Waals surface area contributed by atoms with E-state index in [9.17, 15) is 9.18 Å². The number of anilines is 1. The first-order valence-corrected chi connectivity index (χ1v) is 9.10. The van der Waals surface area contributed by atoms with Gasteiger partial charge in [0.25, 0.3) is 0 Å². The molecule has 1 amide bonds. The van der Waals surface area contributed by atoms with Crippen LogP contribution in [0.4, 0.5) is 14.9 Å². The quantitative estimate of drug-likeness (QED) is 0.839. The van der Waals surface area contributed by atoms with E-state index in [0.717, 1.165) is 36.8 Å². The summed E-state index contributed by atoms with van der Waals surface area (Å²) in [6.07, 6.45) is 6.10. The van der Waals surface area contributed by atoms with E-state index in [1.165, 1.54) is 6.20 Å². The van der Waals surface area contributed by atoms with E-state index >= 15 is 0 Å². The molecule has 1 aromatic heterocycles. The Morgan fingerprint density at radius 2 is 1.85 bits per heavy atom. The molecule has 0 atom stereocenters. The minimum Gasteiger partial charge on any atom is -0.444 e. The van der Waals surface area contributed by atoms with Crippen LogP contribution in [-0.4, -0.2) is 28.8 Å². The monoisotopic (exact) mass is 359 g/mol. The molecule has 1 aromatic carbocycles. The summed E-state index contributed by atoms with van der Waals surface area (Å²) in [7, 11) is 0. The number of aromatic nitrogens is 1. The van der Waals surface area contributed by atoms with E-state index in [-0.39, 0.29) is 24.0 Å². The van der Waals surface area contributed by atoms with Gasteiger partial charge in [0.1, 0.15) is 5.60 Å². The number of amides is 1. The molecular weight excluding hydrogens is 333 g/mol. The molecule has 1 aliphatic carbocycles. The molecule has 0 radical (unpaired) electrons. The third-order valence-corrected chi connectivity index (χ3v) is 4.54. The van der Waals surface area contributed by atoms with Crippen molar-refractivity contribution in [2.24, 2.45) is 0 Å². The largest absolute Gasteiger partial charge is 0.444 e. The second kappa shape index (κ2) is 7.48. The van der Waals surface area contributed by atoms with Crippen LogP contribution in [-0.2, 0) is 4.74 Å². The van der Waals surface area contributed by atoms with Crippen molar-refractivity contribution < 1.29 is 13.9 Å². The van der Waals surface area contributed by atoms with Gasteiger partial charge in [0.05, 0.1) is 6.20 Å². The fraction of sp³-hybridized carbons (Fsp3) is 0.500. The molecule has 1 saturated carbocycles. The van der Waals surface area contributed by atoms with Gasteiger partial charge in [0.15, 0.2) is 5.82 Å². The van der Waals surface area contributed by atoms with Crippen molar-refractivity contribution in [2.45, 2.75) is 64.1 Å². The minimum absolute atomic E-state index is 0.122. The molecule has 5 nitrogen and oxygen atoms in total. The summed E-state index contributed by atoms with van der Waals surface area (Å²) in [5.41, 5.74) is 0.307. The van der Waals surface area contributed by atoms with Crippen LogP contribution in [0.1, 0.15) is 46.5 Å². The van der Waals surface area contributed by atoms with Gasteiger partial charge in [-0.3, -0.25) is 4.98 Å². The Kier molecular flexibility index (Phi) is 5.30. The molecule has 2 N–H and O–H groups in total. The minimum atomic E-state index is -0.490. The van der Waals surface area contributed by atoms with E-state index in [0.29, 0.717) is 5.39 Å². The van der Waals surface area contributed by atoms with Gasteiger partial charge >= 0.3 is 6.09 Å². The van der Waals surface area contributed by atoms with Gasteiger partial charge in [-0.2, -0.15) is 0 Å². The van der Waals surface area contributed by atoms with Gasteiger partial charge in [-0.15, -0.1) is 0 Å². The van der Waals surface area contributed by atoms with Crippen LogP contribution in [0.2, 0.25) is 0 Å². The van der Waals surface area contributed by atoms with Gasteiger partial charge in [0.2, 0.25) is 0 Å². The van der Waals surface area contributed by atoms with Crippen molar-refractivity contribution in [3.8, 4) is 0 Å². The van der Waals surface area contributed by atoms with E-state index in [4.69, 9.17) is 4.74 Å². The van der Waals surface area contributed by atoms with Crippen LogP contribution in [0.25, 0.3) is 10.8 Å². The maximum absolute atomic E-state index is 14.2. The summed E-state index contributed by atoms with van der Waals surface area (Å²) in [5, 5.41) is 7.77. The van der Waals surface area contributed by atoms with Crippen LogP contribution >= 0.6 is 0 Å². The van der Waals surface area contributed by atoms with E-state index in [1.807, 2.05) is 39.0 Å². The highest BCUT2D eigenvalue weighted by atomic mass is 19.1. The molecule has 140 valence electrons. The molecule has 0 aliphatic heterocycles. The molecule has 26 heavy (non-hydrogen) atoms. The first-order chi connectivity index (χ1) is 12.3. The molecule has 1 heterocycles. The normalized spacial score (nSPS) is 20.6. The Bertz CT molecular complexity index is 775. The van der Waals surface area contributed by atoms with Crippen LogP contribution in [0.3, 0.4) is 0 Å². The lowest BCUT2D eigenvalue weighted by molar-refractivity contribution is 0.0492. The predicted molar refractivity (Wildman–Crippen MR) is 101 cm³/mol. The topological polar surface area (TPSA) is 63.2 Å². The van der Waals surface area contributed by atoms with E-state index < -0.39 is 5.60 Å². The fourth-order valence-corrected chi connectivity index (χ4v) is 3.39. The summed E-state index contributed by atoms with van der Waals surface area (Å²) in [4.78, 5) is 15.8. The second-order valence-corrected chi connectivity index (χ2v) is 7.86. The lowest BCUT2D eigenvalue weighted by Crippen LogP contribution is -2.42. The molecular formula is C20H26FN3O2. The SMILES string of the molecule is CC(C)(C)OC(=O)NC1CCC(Nc2cccc3cncc(F)c23)CC1. The van der Waals surface area contributed by atoms with Crippen molar-refractivity contribution in [1.82, 2.24) is 10.3 Å². The van der Waals surface area contributed by atoms with Crippen molar-refractivity contribution >= 4 is 22.6 Å². The highest BCUT2D eigenvalue weighted by Crippen LogP contribution is 2.29. The number of fused-ring (bicyclic) bond motifs is 1. The Balaban J connectivity index is 1.57. The summed E-state index contributed by atoms with van der Waals surface area (Å²) in [6, 6.07) is 6.04. The zero-order valence-corrected chi connectivity index (χ0v) is 15.5. The van der Waals surface area contributed by atoms with Crippen molar-refractivity contribution in [1.29, 1.82) is 0 Å². The average Bonchev–Trinajstić information content (AvgIpc) is 2.55. The number of nitrogens with one attached hydrogen (secondary N) is 2. The molecule has 3 rings (SSSR count). The first-order valence-electron chi connectivity index (χ1n) is 9.10. The van der Waals surface area contributed by atoms with Gasteiger partial charge < -0.3 is 15.4 Å². The number of pyridine rings is 1. The summed E-state index contributed by atoms with van der Waals surface area (Å²) >= 11 is 0. The number of hydrogen-bond acceptors (Lipinski definition) is 4. The molecule has 2 aromatic rings. The fourth-order valence-electron chi connectivity index (χ4n) is 3.39. The molecule has 0 spiro atoms. The van der Waals surface area contributed by atoms with Crippen molar-refractivity contribution in [3.05, 3.63) is 36.4 Å². The number of ether oxygens (including phenoxy) is 1. The highest BCUT2D eigenvalue weighted by molar-refractivity contribution is 5.93. The van der Waals surface area contributed by atoms with Crippen LogP contribution < -0.4 is 10.6 Å². The molecule has 0 unspecified atom stereocenters. The number of halogens is 1. The Hall–Kier alpha value is -2.37. The molecule has 0 saturated heterocycles. The maximum atomic E-state index is 14.2. The average molecular weight is 359 g/mol. The van der Waals surface area contributed by atoms with Gasteiger partial charge in [-0.05, 0) is 52.5 Å². The maximum Gasteiger partial charge on any atom is 0.407 e. The highest BCUT2D eigenvalue weighted by Gasteiger charge is 2.25. The number of hydrogen-bond donors (Lipinski definition) is 2. The number of carbonyl (C=O) groups excluding carboxylic acids is 1. The molecule has 1 aliphatic rings. The van der Waals surface area contributed by atoms with Crippen LogP contribution in [0, 0.1) is 5.82 Å². The summed E-state index contributed by atoms with van der Waals surface area (Å²) < 4.78 is 19.5.